The van der Waals surface area contributed by atoms with E-state index in [1.165, 1.54) is 0 Å². The lowest BCUT2D eigenvalue weighted by Crippen LogP contribution is -2.40. The van der Waals surface area contributed by atoms with E-state index in [9.17, 15) is 9.59 Å². The molecule has 1 saturated heterocycles. The van der Waals surface area contributed by atoms with Crippen molar-refractivity contribution in [2.45, 2.75) is 26.2 Å². The zero-order chi connectivity index (χ0) is 14.4. The van der Waals surface area contributed by atoms with Crippen LogP contribution in [0.2, 0.25) is 0 Å². The summed E-state index contributed by atoms with van der Waals surface area (Å²) in [5.41, 5.74) is 0.723. The number of nitrogens with one attached hydrogen (secondary N) is 2. The third kappa shape index (κ3) is 3.98. The van der Waals surface area contributed by atoms with E-state index in [4.69, 9.17) is 4.74 Å². The third-order valence-corrected chi connectivity index (χ3v) is 3.21. The molecule has 1 aliphatic heterocycles. The first kappa shape index (κ1) is 14.4. The first-order valence-electron chi connectivity index (χ1n) is 6.99. The SMILES string of the molecule is CCCOc1cccc(NC(=O)C2CCC(=O)NC2)c1. The minimum absolute atomic E-state index is 0.0176. The van der Waals surface area contributed by atoms with Crippen molar-refractivity contribution in [1.29, 1.82) is 0 Å². The van der Waals surface area contributed by atoms with Crippen molar-refractivity contribution in [2.24, 2.45) is 5.92 Å². The number of piperidine rings is 1. The van der Waals surface area contributed by atoms with Crippen molar-refractivity contribution in [3.8, 4) is 5.75 Å². The number of rotatable bonds is 5. The fourth-order valence-electron chi connectivity index (χ4n) is 2.08. The van der Waals surface area contributed by atoms with Crippen molar-refractivity contribution in [1.82, 2.24) is 5.32 Å². The van der Waals surface area contributed by atoms with Crippen LogP contribution in [0.25, 0.3) is 0 Å². The number of ether oxygens (including phenoxy) is 1. The molecule has 0 bridgehead atoms. The Morgan fingerprint density at radius 1 is 1.50 bits per heavy atom. The molecule has 20 heavy (non-hydrogen) atoms. The molecule has 1 aromatic carbocycles. The lowest BCUT2D eigenvalue weighted by atomic mass is 9.98. The van der Waals surface area contributed by atoms with Gasteiger partial charge in [0.25, 0.3) is 0 Å². The average Bonchev–Trinajstić information content (AvgIpc) is 2.46. The Balaban J connectivity index is 1.92. The van der Waals surface area contributed by atoms with Gasteiger partial charge in [0, 0.05) is 24.7 Å². The molecule has 0 aromatic heterocycles. The minimum Gasteiger partial charge on any atom is -0.494 e. The summed E-state index contributed by atoms with van der Waals surface area (Å²) in [4.78, 5) is 23.2. The van der Waals surface area contributed by atoms with Crippen LogP contribution in [0.5, 0.6) is 5.75 Å². The fourth-order valence-corrected chi connectivity index (χ4v) is 2.08. The monoisotopic (exact) mass is 276 g/mol. The second-order valence-corrected chi connectivity index (χ2v) is 4.91. The van der Waals surface area contributed by atoms with Gasteiger partial charge in [-0.2, -0.15) is 0 Å². The van der Waals surface area contributed by atoms with E-state index in [-0.39, 0.29) is 17.7 Å². The van der Waals surface area contributed by atoms with E-state index < -0.39 is 0 Å². The number of hydrogen-bond donors (Lipinski definition) is 2. The summed E-state index contributed by atoms with van der Waals surface area (Å²) in [5.74, 6) is 0.552. The van der Waals surface area contributed by atoms with Gasteiger partial charge in [-0.15, -0.1) is 0 Å². The summed E-state index contributed by atoms with van der Waals surface area (Å²) in [5, 5.41) is 5.59. The van der Waals surface area contributed by atoms with Crippen LogP contribution in [0.3, 0.4) is 0 Å². The fraction of sp³-hybridized carbons (Fsp3) is 0.467. The molecule has 5 heteroatoms. The lowest BCUT2D eigenvalue weighted by Gasteiger charge is -2.21. The molecule has 5 nitrogen and oxygen atoms in total. The molecule has 2 amide bonds. The summed E-state index contributed by atoms with van der Waals surface area (Å²) in [7, 11) is 0. The van der Waals surface area contributed by atoms with Crippen LogP contribution in [0.4, 0.5) is 5.69 Å². The van der Waals surface area contributed by atoms with Gasteiger partial charge >= 0.3 is 0 Å². The van der Waals surface area contributed by atoms with E-state index in [0.717, 1.165) is 17.9 Å². The standard InChI is InChI=1S/C15H20N2O3/c1-2-8-20-13-5-3-4-12(9-13)17-15(19)11-6-7-14(18)16-10-11/h3-5,9,11H,2,6-8,10H2,1H3,(H,16,18)(H,17,19). The summed E-state index contributed by atoms with van der Waals surface area (Å²) < 4.78 is 5.53. The van der Waals surface area contributed by atoms with Gasteiger partial charge in [0.1, 0.15) is 5.75 Å². The highest BCUT2D eigenvalue weighted by Gasteiger charge is 2.24. The number of anilines is 1. The Morgan fingerprint density at radius 2 is 2.35 bits per heavy atom. The van der Waals surface area contributed by atoms with Crippen LogP contribution in [0, 0.1) is 5.92 Å². The molecule has 1 heterocycles. The van der Waals surface area contributed by atoms with Gasteiger partial charge in [0.2, 0.25) is 11.8 Å². The summed E-state index contributed by atoms with van der Waals surface area (Å²) >= 11 is 0. The van der Waals surface area contributed by atoms with Crippen LogP contribution in [0.1, 0.15) is 26.2 Å². The number of carbonyl (C=O) groups is 2. The quantitative estimate of drug-likeness (QED) is 0.863. The zero-order valence-electron chi connectivity index (χ0n) is 11.6. The zero-order valence-corrected chi connectivity index (χ0v) is 11.6. The van der Waals surface area contributed by atoms with Crippen molar-refractivity contribution >= 4 is 17.5 Å². The molecule has 1 fully saturated rings. The Labute approximate surface area is 118 Å². The highest BCUT2D eigenvalue weighted by molar-refractivity contribution is 5.94. The van der Waals surface area contributed by atoms with Gasteiger partial charge < -0.3 is 15.4 Å². The maximum absolute atomic E-state index is 12.1. The first-order valence-corrected chi connectivity index (χ1v) is 6.99. The van der Waals surface area contributed by atoms with Gasteiger partial charge in [-0.05, 0) is 25.0 Å². The maximum Gasteiger partial charge on any atom is 0.229 e. The minimum atomic E-state index is -0.159. The van der Waals surface area contributed by atoms with E-state index >= 15 is 0 Å². The molecule has 2 N–H and O–H groups in total. The first-order chi connectivity index (χ1) is 9.69. The normalized spacial score (nSPS) is 18.2. The van der Waals surface area contributed by atoms with E-state index in [0.29, 0.717) is 26.0 Å². The molecule has 0 aliphatic carbocycles. The predicted octanol–water partition coefficient (Wildman–Crippen LogP) is 1.94. The highest BCUT2D eigenvalue weighted by Crippen LogP contribution is 2.19. The molecule has 1 unspecified atom stereocenters. The molecule has 1 aliphatic rings. The van der Waals surface area contributed by atoms with Gasteiger partial charge in [0.15, 0.2) is 0 Å². The van der Waals surface area contributed by atoms with E-state index in [2.05, 4.69) is 10.6 Å². The third-order valence-electron chi connectivity index (χ3n) is 3.21. The number of benzene rings is 1. The predicted molar refractivity (Wildman–Crippen MR) is 76.6 cm³/mol. The van der Waals surface area contributed by atoms with Gasteiger partial charge in [-0.3, -0.25) is 9.59 Å². The maximum atomic E-state index is 12.1. The van der Waals surface area contributed by atoms with Gasteiger partial charge in [-0.25, -0.2) is 0 Å². The number of carbonyl (C=O) groups excluding carboxylic acids is 2. The molecule has 108 valence electrons. The number of hydrogen-bond acceptors (Lipinski definition) is 3. The topological polar surface area (TPSA) is 67.4 Å². The van der Waals surface area contributed by atoms with Crippen molar-refractivity contribution in [3.05, 3.63) is 24.3 Å². The molecule has 0 radical (unpaired) electrons. The Kier molecular flexibility index (Phi) is 4.98. The summed E-state index contributed by atoms with van der Waals surface area (Å²) in [6.07, 6.45) is 1.96. The van der Waals surface area contributed by atoms with Gasteiger partial charge in [-0.1, -0.05) is 13.0 Å². The van der Waals surface area contributed by atoms with E-state index in [1.807, 2.05) is 31.2 Å². The van der Waals surface area contributed by atoms with Crippen LogP contribution in [-0.2, 0) is 9.59 Å². The second kappa shape index (κ2) is 6.93. The molecular formula is C15H20N2O3. The molecule has 0 spiro atoms. The molecule has 1 atom stereocenters. The van der Waals surface area contributed by atoms with Crippen molar-refractivity contribution in [2.75, 3.05) is 18.5 Å². The Bertz CT molecular complexity index is 478. The van der Waals surface area contributed by atoms with Crippen molar-refractivity contribution in [3.63, 3.8) is 0 Å². The van der Waals surface area contributed by atoms with Crippen LogP contribution in [0.15, 0.2) is 24.3 Å². The summed E-state index contributed by atoms with van der Waals surface area (Å²) in [6.45, 7) is 3.12. The van der Waals surface area contributed by atoms with Crippen LogP contribution in [-0.4, -0.2) is 25.0 Å². The summed E-state index contributed by atoms with van der Waals surface area (Å²) in [6, 6.07) is 7.36. The lowest BCUT2D eigenvalue weighted by molar-refractivity contribution is -0.126. The Morgan fingerprint density at radius 3 is 3.05 bits per heavy atom. The Hall–Kier alpha value is -2.04. The molecule has 2 rings (SSSR count). The molecule has 0 saturated carbocycles. The highest BCUT2D eigenvalue weighted by atomic mass is 16.5. The largest absolute Gasteiger partial charge is 0.494 e. The number of amides is 2. The second-order valence-electron chi connectivity index (χ2n) is 4.91. The van der Waals surface area contributed by atoms with Crippen LogP contribution < -0.4 is 15.4 Å². The van der Waals surface area contributed by atoms with Crippen LogP contribution >= 0.6 is 0 Å². The van der Waals surface area contributed by atoms with Crippen molar-refractivity contribution < 1.29 is 14.3 Å². The molecule has 1 aromatic rings. The average molecular weight is 276 g/mol. The molecular weight excluding hydrogens is 256 g/mol. The van der Waals surface area contributed by atoms with Gasteiger partial charge in [0.05, 0.1) is 12.5 Å². The smallest absolute Gasteiger partial charge is 0.229 e. The van der Waals surface area contributed by atoms with E-state index in [1.54, 1.807) is 0 Å².